The van der Waals surface area contributed by atoms with Gasteiger partial charge in [0.2, 0.25) is 0 Å². The second-order valence-electron chi connectivity index (χ2n) is 5.26. The molecule has 100 valence electrons. The highest BCUT2D eigenvalue weighted by Crippen LogP contribution is 2.30. The average Bonchev–Trinajstić information content (AvgIpc) is 2.40. The third kappa shape index (κ3) is 3.74. The predicted octanol–water partition coefficient (Wildman–Crippen LogP) is 4.58. The van der Waals surface area contributed by atoms with Crippen LogP contribution in [0, 0.1) is 0 Å². The second kappa shape index (κ2) is 6.79. The third-order valence-corrected chi connectivity index (χ3v) is 3.72. The van der Waals surface area contributed by atoms with Gasteiger partial charge in [0.25, 0.3) is 0 Å². The Bertz CT molecular complexity index is 339. The highest BCUT2D eigenvalue weighted by atomic mass is 16.5. The van der Waals surface area contributed by atoms with Crippen molar-refractivity contribution in [1.29, 1.82) is 0 Å². The normalized spacial score (nSPS) is 18.7. The summed E-state index contributed by atoms with van der Waals surface area (Å²) in [5.41, 5.74) is 1.19. The van der Waals surface area contributed by atoms with Gasteiger partial charge in [0.15, 0.2) is 0 Å². The molecule has 2 nitrogen and oxygen atoms in total. The zero-order chi connectivity index (χ0) is 12.8. The third-order valence-electron chi connectivity index (χ3n) is 3.72. The SMILES string of the molecule is CCCC(OC1CCCCC1)c1ccc(O)cc1. The van der Waals surface area contributed by atoms with Crippen molar-refractivity contribution in [3.05, 3.63) is 29.8 Å². The smallest absolute Gasteiger partial charge is 0.115 e. The van der Waals surface area contributed by atoms with Crippen molar-refractivity contribution < 1.29 is 9.84 Å². The molecule has 1 saturated carbocycles. The summed E-state index contributed by atoms with van der Waals surface area (Å²) in [4.78, 5) is 0. The highest BCUT2D eigenvalue weighted by Gasteiger charge is 2.19. The Labute approximate surface area is 110 Å². The van der Waals surface area contributed by atoms with Gasteiger partial charge in [0.1, 0.15) is 5.75 Å². The highest BCUT2D eigenvalue weighted by molar-refractivity contribution is 5.27. The number of phenolic OH excluding ortho intramolecular Hbond substituents is 1. The molecule has 1 aliphatic carbocycles. The summed E-state index contributed by atoms with van der Waals surface area (Å²) in [6.07, 6.45) is 9.19. The van der Waals surface area contributed by atoms with E-state index < -0.39 is 0 Å². The summed E-state index contributed by atoms with van der Waals surface area (Å²) in [5.74, 6) is 0.326. The molecule has 1 aliphatic rings. The number of rotatable bonds is 5. The molecule has 1 aromatic carbocycles. The van der Waals surface area contributed by atoms with Gasteiger partial charge in [-0.15, -0.1) is 0 Å². The first-order valence-electron chi connectivity index (χ1n) is 7.24. The number of benzene rings is 1. The topological polar surface area (TPSA) is 29.5 Å². The Morgan fingerprint density at radius 1 is 1.17 bits per heavy atom. The van der Waals surface area contributed by atoms with Crippen LogP contribution in [-0.2, 0) is 4.74 Å². The quantitative estimate of drug-likeness (QED) is 0.826. The van der Waals surface area contributed by atoms with Crippen LogP contribution in [0.15, 0.2) is 24.3 Å². The number of aromatic hydroxyl groups is 1. The maximum atomic E-state index is 9.35. The molecule has 0 radical (unpaired) electrons. The van der Waals surface area contributed by atoms with Crippen molar-refractivity contribution in [1.82, 2.24) is 0 Å². The molecule has 1 fully saturated rings. The van der Waals surface area contributed by atoms with Gasteiger partial charge in [-0.05, 0) is 37.0 Å². The van der Waals surface area contributed by atoms with Crippen LogP contribution < -0.4 is 0 Å². The lowest BCUT2D eigenvalue weighted by Crippen LogP contribution is -2.19. The van der Waals surface area contributed by atoms with E-state index in [-0.39, 0.29) is 6.10 Å². The van der Waals surface area contributed by atoms with Crippen LogP contribution in [0.5, 0.6) is 5.75 Å². The van der Waals surface area contributed by atoms with Gasteiger partial charge in [-0.3, -0.25) is 0 Å². The fourth-order valence-electron chi connectivity index (χ4n) is 2.70. The fourth-order valence-corrected chi connectivity index (χ4v) is 2.70. The van der Waals surface area contributed by atoms with Crippen LogP contribution >= 0.6 is 0 Å². The minimum Gasteiger partial charge on any atom is -0.508 e. The van der Waals surface area contributed by atoms with Gasteiger partial charge in [0, 0.05) is 0 Å². The molecule has 0 saturated heterocycles. The maximum absolute atomic E-state index is 9.35. The molecule has 1 aromatic rings. The standard InChI is InChI=1S/C16H24O2/c1-2-6-16(13-9-11-14(17)12-10-13)18-15-7-4-3-5-8-15/h9-12,15-17H,2-8H2,1H3. The minimum absolute atomic E-state index is 0.193. The summed E-state index contributed by atoms with van der Waals surface area (Å²) in [6, 6.07) is 7.47. The Morgan fingerprint density at radius 2 is 1.83 bits per heavy atom. The molecular formula is C16H24O2. The lowest BCUT2D eigenvalue weighted by molar-refractivity contribution is -0.0355. The van der Waals surface area contributed by atoms with Crippen LogP contribution in [0.3, 0.4) is 0 Å². The summed E-state index contributed by atoms with van der Waals surface area (Å²) in [6.45, 7) is 2.19. The van der Waals surface area contributed by atoms with E-state index in [2.05, 4.69) is 6.92 Å². The van der Waals surface area contributed by atoms with Crippen LogP contribution in [0.2, 0.25) is 0 Å². The molecular weight excluding hydrogens is 224 g/mol. The van der Waals surface area contributed by atoms with Crippen molar-refractivity contribution in [2.75, 3.05) is 0 Å². The Morgan fingerprint density at radius 3 is 2.44 bits per heavy atom. The molecule has 2 heteroatoms. The Hall–Kier alpha value is -1.02. The molecule has 0 bridgehead atoms. The van der Waals surface area contributed by atoms with E-state index in [0.29, 0.717) is 11.9 Å². The second-order valence-corrected chi connectivity index (χ2v) is 5.26. The van der Waals surface area contributed by atoms with E-state index in [1.807, 2.05) is 12.1 Å². The molecule has 0 amide bonds. The zero-order valence-electron chi connectivity index (χ0n) is 11.3. The summed E-state index contributed by atoms with van der Waals surface area (Å²) < 4.78 is 6.28. The van der Waals surface area contributed by atoms with Gasteiger partial charge in [-0.1, -0.05) is 44.7 Å². The number of hydrogen-bond donors (Lipinski definition) is 1. The van der Waals surface area contributed by atoms with Gasteiger partial charge < -0.3 is 9.84 Å². The lowest BCUT2D eigenvalue weighted by atomic mass is 9.96. The van der Waals surface area contributed by atoms with Crippen molar-refractivity contribution in [3.63, 3.8) is 0 Å². The van der Waals surface area contributed by atoms with E-state index in [1.54, 1.807) is 12.1 Å². The van der Waals surface area contributed by atoms with Crippen LogP contribution in [-0.4, -0.2) is 11.2 Å². The number of hydrogen-bond acceptors (Lipinski definition) is 2. The Balaban J connectivity index is 2.00. The summed E-state index contributed by atoms with van der Waals surface area (Å²) >= 11 is 0. The van der Waals surface area contributed by atoms with Gasteiger partial charge in [-0.2, -0.15) is 0 Å². The molecule has 18 heavy (non-hydrogen) atoms. The molecule has 0 aliphatic heterocycles. The summed E-state index contributed by atoms with van der Waals surface area (Å²) in [7, 11) is 0. The molecule has 1 N–H and O–H groups in total. The van der Waals surface area contributed by atoms with E-state index in [9.17, 15) is 5.11 Å². The van der Waals surface area contributed by atoms with Crippen LogP contribution in [0.1, 0.15) is 63.5 Å². The van der Waals surface area contributed by atoms with E-state index in [0.717, 1.165) is 12.8 Å². The Kier molecular flexibility index (Phi) is 5.06. The minimum atomic E-state index is 0.193. The van der Waals surface area contributed by atoms with Crippen LogP contribution in [0.25, 0.3) is 0 Å². The monoisotopic (exact) mass is 248 g/mol. The molecule has 0 heterocycles. The van der Waals surface area contributed by atoms with E-state index in [4.69, 9.17) is 4.74 Å². The van der Waals surface area contributed by atoms with Gasteiger partial charge in [-0.25, -0.2) is 0 Å². The fraction of sp³-hybridized carbons (Fsp3) is 0.625. The molecule has 0 spiro atoms. The van der Waals surface area contributed by atoms with E-state index in [1.165, 1.54) is 37.7 Å². The van der Waals surface area contributed by atoms with Gasteiger partial charge >= 0.3 is 0 Å². The van der Waals surface area contributed by atoms with Crippen LogP contribution in [0.4, 0.5) is 0 Å². The first-order chi connectivity index (χ1) is 8.79. The molecule has 2 rings (SSSR count). The largest absolute Gasteiger partial charge is 0.508 e. The van der Waals surface area contributed by atoms with E-state index >= 15 is 0 Å². The van der Waals surface area contributed by atoms with Crippen molar-refractivity contribution in [3.8, 4) is 5.75 Å². The first kappa shape index (κ1) is 13.4. The lowest BCUT2D eigenvalue weighted by Gasteiger charge is -2.28. The molecule has 0 aromatic heterocycles. The average molecular weight is 248 g/mol. The van der Waals surface area contributed by atoms with Crippen molar-refractivity contribution in [2.45, 2.75) is 64.1 Å². The predicted molar refractivity (Wildman–Crippen MR) is 73.7 cm³/mol. The van der Waals surface area contributed by atoms with Crippen molar-refractivity contribution in [2.24, 2.45) is 0 Å². The van der Waals surface area contributed by atoms with Gasteiger partial charge in [0.05, 0.1) is 12.2 Å². The molecule has 1 unspecified atom stereocenters. The summed E-state index contributed by atoms with van der Waals surface area (Å²) in [5, 5.41) is 9.35. The number of phenols is 1. The number of ether oxygens (including phenoxy) is 1. The van der Waals surface area contributed by atoms with Crippen molar-refractivity contribution >= 4 is 0 Å². The molecule has 1 atom stereocenters. The first-order valence-corrected chi connectivity index (χ1v) is 7.24. The maximum Gasteiger partial charge on any atom is 0.115 e. The zero-order valence-corrected chi connectivity index (χ0v) is 11.3.